The van der Waals surface area contributed by atoms with E-state index in [2.05, 4.69) is 17.4 Å². The molecule has 0 aliphatic carbocycles. The van der Waals surface area contributed by atoms with Gasteiger partial charge in [-0.15, -0.1) is 0 Å². The Morgan fingerprint density at radius 3 is 2.92 bits per heavy atom. The van der Waals surface area contributed by atoms with Crippen LogP contribution in [-0.2, 0) is 0 Å². The molecule has 6 heteroatoms. The minimum atomic E-state index is -0.0260. The van der Waals surface area contributed by atoms with Crippen LogP contribution in [0.15, 0.2) is 27.3 Å². The average molecular weight is 345 g/mol. The monoisotopic (exact) mass is 345 g/mol. The maximum absolute atomic E-state index is 12.8. The molecule has 3 rings (SSSR count). The standard InChI is InChI=1S/C19H27N3O3/c1-13(18-14(2)21-25-15(18)3)12-20-19(23)22-10-6-4-5-8-16(22)17-9-7-11-24-17/h7,9,11,13,16H,4-6,8,10,12H2,1-3H3,(H,20,23)/t13-,16+/m0/s1. The fourth-order valence-corrected chi connectivity index (χ4v) is 3.77. The summed E-state index contributed by atoms with van der Waals surface area (Å²) >= 11 is 0. The number of nitrogens with one attached hydrogen (secondary N) is 1. The van der Waals surface area contributed by atoms with Crippen molar-refractivity contribution in [1.29, 1.82) is 0 Å². The predicted octanol–water partition coefficient (Wildman–Crippen LogP) is 4.31. The number of nitrogens with zero attached hydrogens (tertiary/aromatic N) is 2. The second-order valence-electron chi connectivity index (χ2n) is 6.90. The van der Waals surface area contributed by atoms with E-state index in [0.29, 0.717) is 6.54 Å². The predicted molar refractivity (Wildman–Crippen MR) is 94.4 cm³/mol. The molecular formula is C19H27N3O3. The molecule has 2 aromatic rings. The van der Waals surface area contributed by atoms with Gasteiger partial charge >= 0.3 is 6.03 Å². The number of rotatable bonds is 4. The van der Waals surface area contributed by atoms with E-state index in [-0.39, 0.29) is 18.0 Å². The lowest BCUT2D eigenvalue weighted by molar-refractivity contribution is 0.166. The van der Waals surface area contributed by atoms with Crippen molar-refractivity contribution < 1.29 is 13.7 Å². The van der Waals surface area contributed by atoms with Crippen LogP contribution in [0.25, 0.3) is 0 Å². The SMILES string of the molecule is Cc1noc(C)c1[C@@H](C)CNC(=O)N1CCCCC[C@@H]1c1ccco1. The molecule has 136 valence electrons. The van der Waals surface area contributed by atoms with Crippen molar-refractivity contribution in [1.82, 2.24) is 15.4 Å². The maximum atomic E-state index is 12.8. The number of amides is 2. The molecule has 6 nitrogen and oxygen atoms in total. The topological polar surface area (TPSA) is 71.5 Å². The van der Waals surface area contributed by atoms with Gasteiger partial charge in [0.2, 0.25) is 0 Å². The van der Waals surface area contributed by atoms with Gasteiger partial charge in [-0.05, 0) is 38.8 Å². The Morgan fingerprint density at radius 2 is 2.24 bits per heavy atom. The van der Waals surface area contributed by atoms with Crippen LogP contribution in [0.3, 0.4) is 0 Å². The number of likely N-dealkylation sites (tertiary alicyclic amines) is 1. The number of aromatic nitrogens is 1. The molecule has 1 saturated heterocycles. The van der Waals surface area contributed by atoms with Gasteiger partial charge in [0.25, 0.3) is 0 Å². The van der Waals surface area contributed by atoms with E-state index < -0.39 is 0 Å². The zero-order chi connectivity index (χ0) is 17.8. The first-order chi connectivity index (χ1) is 12.1. The van der Waals surface area contributed by atoms with E-state index in [1.165, 1.54) is 0 Å². The van der Waals surface area contributed by atoms with Crippen LogP contribution in [0, 0.1) is 13.8 Å². The Balaban J connectivity index is 1.66. The van der Waals surface area contributed by atoms with Crippen molar-refractivity contribution in [2.24, 2.45) is 0 Å². The van der Waals surface area contributed by atoms with Gasteiger partial charge in [0.05, 0.1) is 18.0 Å². The molecule has 1 aliphatic rings. The van der Waals surface area contributed by atoms with Gasteiger partial charge in [0, 0.05) is 24.6 Å². The second-order valence-corrected chi connectivity index (χ2v) is 6.90. The molecule has 2 atom stereocenters. The largest absolute Gasteiger partial charge is 0.467 e. The molecule has 0 radical (unpaired) electrons. The van der Waals surface area contributed by atoms with Gasteiger partial charge < -0.3 is 19.2 Å². The van der Waals surface area contributed by atoms with E-state index in [0.717, 1.165) is 55.0 Å². The maximum Gasteiger partial charge on any atom is 0.318 e. The molecule has 1 fully saturated rings. The van der Waals surface area contributed by atoms with Crippen LogP contribution in [0.1, 0.15) is 67.3 Å². The Morgan fingerprint density at radius 1 is 1.40 bits per heavy atom. The van der Waals surface area contributed by atoms with Crippen molar-refractivity contribution in [3.05, 3.63) is 41.2 Å². The van der Waals surface area contributed by atoms with Gasteiger partial charge in [0.1, 0.15) is 11.5 Å². The van der Waals surface area contributed by atoms with Crippen LogP contribution in [0.4, 0.5) is 4.79 Å². The summed E-state index contributed by atoms with van der Waals surface area (Å²) in [6.07, 6.45) is 5.92. The molecule has 25 heavy (non-hydrogen) atoms. The summed E-state index contributed by atoms with van der Waals surface area (Å²) in [6.45, 7) is 7.25. The lowest BCUT2D eigenvalue weighted by atomic mass is 10.00. The third-order valence-corrected chi connectivity index (χ3v) is 5.03. The molecule has 1 N–H and O–H groups in total. The highest BCUT2D eigenvalue weighted by molar-refractivity contribution is 5.74. The zero-order valence-corrected chi connectivity index (χ0v) is 15.2. The van der Waals surface area contributed by atoms with Crippen LogP contribution in [-0.4, -0.2) is 29.2 Å². The molecule has 1 aliphatic heterocycles. The summed E-state index contributed by atoms with van der Waals surface area (Å²) < 4.78 is 10.8. The fraction of sp³-hybridized carbons (Fsp3) is 0.579. The fourth-order valence-electron chi connectivity index (χ4n) is 3.77. The summed E-state index contributed by atoms with van der Waals surface area (Å²) in [4.78, 5) is 14.8. The number of carbonyl (C=O) groups is 1. The number of urea groups is 1. The third-order valence-electron chi connectivity index (χ3n) is 5.03. The van der Waals surface area contributed by atoms with Crippen molar-refractivity contribution in [3.8, 4) is 0 Å². The summed E-state index contributed by atoms with van der Waals surface area (Å²) in [5.74, 6) is 1.85. The van der Waals surface area contributed by atoms with Gasteiger partial charge in [-0.2, -0.15) is 0 Å². The molecule has 0 unspecified atom stereocenters. The number of hydrogen-bond acceptors (Lipinski definition) is 4. The normalized spacial score (nSPS) is 19.5. The minimum absolute atomic E-state index is 0.0203. The molecule has 0 saturated carbocycles. The van der Waals surface area contributed by atoms with Gasteiger partial charge in [-0.25, -0.2) is 4.79 Å². The van der Waals surface area contributed by atoms with E-state index in [4.69, 9.17) is 8.94 Å². The van der Waals surface area contributed by atoms with Crippen LogP contribution in [0.5, 0.6) is 0 Å². The lowest BCUT2D eigenvalue weighted by Gasteiger charge is -2.29. The highest BCUT2D eigenvalue weighted by Gasteiger charge is 2.29. The molecule has 2 aromatic heterocycles. The lowest BCUT2D eigenvalue weighted by Crippen LogP contribution is -2.43. The van der Waals surface area contributed by atoms with Gasteiger partial charge in [-0.3, -0.25) is 0 Å². The van der Waals surface area contributed by atoms with Crippen LogP contribution in [0.2, 0.25) is 0 Å². The smallest absolute Gasteiger partial charge is 0.318 e. The summed E-state index contributed by atoms with van der Waals surface area (Å²) in [7, 11) is 0. The number of aryl methyl sites for hydroxylation is 2. The third kappa shape index (κ3) is 3.89. The Hall–Kier alpha value is -2.24. The van der Waals surface area contributed by atoms with Crippen LogP contribution >= 0.6 is 0 Å². The number of carbonyl (C=O) groups excluding carboxylic acids is 1. The first-order valence-corrected chi connectivity index (χ1v) is 9.08. The molecule has 0 spiro atoms. The molecule has 0 aromatic carbocycles. The quantitative estimate of drug-likeness (QED) is 0.896. The first kappa shape index (κ1) is 17.6. The molecular weight excluding hydrogens is 318 g/mol. The highest BCUT2D eigenvalue weighted by atomic mass is 16.5. The van der Waals surface area contributed by atoms with Crippen molar-refractivity contribution >= 4 is 6.03 Å². The highest BCUT2D eigenvalue weighted by Crippen LogP contribution is 2.30. The summed E-state index contributed by atoms with van der Waals surface area (Å²) in [5.41, 5.74) is 1.97. The Bertz CT molecular complexity index is 673. The number of hydrogen-bond donors (Lipinski definition) is 1. The zero-order valence-electron chi connectivity index (χ0n) is 15.2. The van der Waals surface area contributed by atoms with E-state index in [1.807, 2.05) is 30.9 Å². The molecule has 3 heterocycles. The van der Waals surface area contributed by atoms with E-state index in [9.17, 15) is 4.79 Å². The second kappa shape index (κ2) is 7.76. The minimum Gasteiger partial charge on any atom is -0.467 e. The van der Waals surface area contributed by atoms with Crippen LogP contribution < -0.4 is 5.32 Å². The van der Waals surface area contributed by atoms with E-state index >= 15 is 0 Å². The van der Waals surface area contributed by atoms with Crippen molar-refractivity contribution in [3.63, 3.8) is 0 Å². The van der Waals surface area contributed by atoms with Gasteiger partial charge in [0.15, 0.2) is 0 Å². The summed E-state index contributed by atoms with van der Waals surface area (Å²) in [5, 5.41) is 7.09. The first-order valence-electron chi connectivity index (χ1n) is 9.08. The van der Waals surface area contributed by atoms with Crippen molar-refractivity contribution in [2.45, 2.75) is 58.4 Å². The van der Waals surface area contributed by atoms with Crippen molar-refractivity contribution in [2.75, 3.05) is 13.1 Å². The molecule has 2 amide bonds. The van der Waals surface area contributed by atoms with E-state index in [1.54, 1.807) is 6.26 Å². The summed E-state index contributed by atoms with van der Waals surface area (Å²) in [6, 6.07) is 3.84. The Kier molecular flexibility index (Phi) is 5.46. The number of furan rings is 1. The average Bonchev–Trinajstić information content (AvgIpc) is 3.16. The molecule has 0 bridgehead atoms. The Labute approximate surface area is 148 Å². The van der Waals surface area contributed by atoms with Gasteiger partial charge in [-0.1, -0.05) is 24.9 Å².